The summed E-state index contributed by atoms with van der Waals surface area (Å²) in [7, 11) is 3.08. The van der Waals surface area contributed by atoms with Crippen molar-refractivity contribution < 1.29 is 14.3 Å². The number of benzene rings is 1. The number of hydrogen-bond donors (Lipinski definition) is 0. The molecule has 0 saturated carbocycles. The van der Waals surface area contributed by atoms with E-state index in [1.807, 2.05) is 0 Å². The largest absolute Gasteiger partial charge is 0.493 e. The van der Waals surface area contributed by atoms with Gasteiger partial charge in [0.05, 0.1) is 37.7 Å². The Morgan fingerprint density at radius 2 is 1.95 bits per heavy atom. The molecule has 0 unspecified atom stereocenters. The summed E-state index contributed by atoms with van der Waals surface area (Å²) in [5.41, 5.74) is 1.67. The number of rotatable bonds is 4. The lowest BCUT2D eigenvalue weighted by Crippen LogP contribution is -2.02. The zero-order valence-electron chi connectivity index (χ0n) is 11.6. The summed E-state index contributed by atoms with van der Waals surface area (Å²) in [6, 6.07) is 5.06. The van der Waals surface area contributed by atoms with Gasteiger partial charge in [-0.25, -0.2) is 4.52 Å². The van der Waals surface area contributed by atoms with Gasteiger partial charge in [0.15, 0.2) is 17.3 Å². The minimum atomic E-state index is -0.140. The fraction of sp³-hybridized carbons (Fsp3) is 0.133. The molecule has 0 radical (unpaired) electrons. The quantitative estimate of drug-likeness (QED) is 0.685. The van der Waals surface area contributed by atoms with Gasteiger partial charge in [-0.2, -0.15) is 5.10 Å². The number of nitrogens with zero attached hydrogens (tertiary/aromatic N) is 3. The molecule has 6 nitrogen and oxygen atoms in total. The van der Waals surface area contributed by atoms with Crippen LogP contribution in [0.2, 0.25) is 0 Å². The molecule has 0 aliphatic rings. The minimum absolute atomic E-state index is 0.140. The van der Waals surface area contributed by atoms with Crippen LogP contribution in [0.15, 0.2) is 43.0 Å². The van der Waals surface area contributed by atoms with E-state index < -0.39 is 0 Å². The smallest absolute Gasteiger partial charge is 0.197 e. The van der Waals surface area contributed by atoms with Crippen LogP contribution in [-0.4, -0.2) is 34.6 Å². The number of methoxy groups -OCH3 is 2. The highest BCUT2D eigenvalue weighted by atomic mass is 16.5. The van der Waals surface area contributed by atoms with Gasteiger partial charge in [0, 0.05) is 18.0 Å². The number of carbonyl (C=O) groups is 1. The molecule has 1 aromatic carbocycles. The van der Waals surface area contributed by atoms with Crippen LogP contribution in [0.3, 0.4) is 0 Å². The zero-order chi connectivity index (χ0) is 14.8. The van der Waals surface area contributed by atoms with Crippen molar-refractivity contribution in [2.45, 2.75) is 0 Å². The lowest BCUT2D eigenvalue weighted by atomic mass is 10.0. The second-order valence-corrected chi connectivity index (χ2v) is 4.36. The zero-order valence-corrected chi connectivity index (χ0v) is 11.6. The Bertz CT molecular complexity index is 811. The van der Waals surface area contributed by atoms with Gasteiger partial charge < -0.3 is 9.47 Å². The molecule has 0 bridgehead atoms. The van der Waals surface area contributed by atoms with Crippen LogP contribution in [0.1, 0.15) is 15.9 Å². The monoisotopic (exact) mass is 283 g/mol. The number of aromatic nitrogens is 3. The standard InChI is InChI=1S/C15H13N3O3/c1-20-13-4-3-10(7-14(13)21-2)15(19)11-8-17-18-6-5-16-9-12(11)18/h3-9H,1-2H3. The van der Waals surface area contributed by atoms with E-state index >= 15 is 0 Å². The van der Waals surface area contributed by atoms with E-state index in [1.165, 1.54) is 13.3 Å². The third-order valence-corrected chi connectivity index (χ3v) is 3.22. The lowest BCUT2D eigenvalue weighted by Gasteiger charge is -2.08. The van der Waals surface area contributed by atoms with E-state index in [0.717, 1.165) is 0 Å². The fourth-order valence-electron chi connectivity index (χ4n) is 2.14. The molecule has 0 aliphatic carbocycles. The maximum atomic E-state index is 12.6. The summed E-state index contributed by atoms with van der Waals surface area (Å²) in [6.07, 6.45) is 6.46. The van der Waals surface area contributed by atoms with E-state index in [2.05, 4.69) is 10.1 Å². The van der Waals surface area contributed by atoms with Crippen molar-refractivity contribution in [1.29, 1.82) is 0 Å². The average Bonchev–Trinajstić information content (AvgIpc) is 2.97. The van der Waals surface area contributed by atoms with Crippen LogP contribution in [-0.2, 0) is 0 Å². The second kappa shape index (κ2) is 5.24. The van der Waals surface area contributed by atoms with Crippen molar-refractivity contribution >= 4 is 11.3 Å². The molecule has 0 N–H and O–H groups in total. The Morgan fingerprint density at radius 1 is 1.14 bits per heavy atom. The fourth-order valence-corrected chi connectivity index (χ4v) is 2.14. The molecule has 0 saturated heterocycles. The molecule has 0 amide bonds. The number of ketones is 1. The molecule has 0 aliphatic heterocycles. The van der Waals surface area contributed by atoms with Crippen molar-refractivity contribution in [3.05, 3.63) is 54.1 Å². The molecule has 21 heavy (non-hydrogen) atoms. The topological polar surface area (TPSA) is 65.7 Å². The molecule has 2 heterocycles. The molecule has 3 rings (SSSR count). The van der Waals surface area contributed by atoms with Crippen LogP contribution in [0.5, 0.6) is 11.5 Å². The van der Waals surface area contributed by atoms with Crippen molar-refractivity contribution in [1.82, 2.24) is 14.6 Å². The van der Waals surface area contributed by atoms with Gasteiger partial charge in [0.1, 0.15) is 0 Å². The normalized spacial score (nSPS) is 10.6. The maximum Gasteiger partial charge on any atom is 0.197 e. The molecule has 6 heteroatoms. The van der Waals surface area contributed by atoms with E-state index in [9.17, 15) is 4.79 Å². The van der Waals surface area contributed by atoms with E-state index in [4.69, 9.17) is 9.47 Å². The Kier molecular flexibility index (Phi) is 3.27. The van der Waals surface area contributed by atoms with E-state index in [-0.39, 0.29) is 5.78 Å². The van der Waals surface area contributed by atoms with Crippen LogP contribution >= 0.6 is 0 Å². The van der Waals surface area contributed by atoms with Gasteiger partial charge in [-0.3, -0.25) is 9.78 Å². The Morgan fingerprint density at radius 3 is 2.71 bits per heavy atom. The summed E-state index contributed by atoms with van der Waals surface area (Å²) < 4.78 is 12.0. The summed E-state index contributed by atoms with van der Waals surface area (Å²) in [6.45, 7) is 0. The molecular weight excluding hydrogens is 270 g/mol. The Labute approximate surface area is 120 Å². The predicted molar refractivity (Wildman–Crippen MR) is 76.0 cm³/mol. The van der Waals surface area contributed by atoms with Crippen LogP contribution in [0, 0.1) is 0 Å². The third-order valence-electron chi connectivity index (χ3n) is 3.22. The van der Waals surface area contributed by atoms with Crippen molar-refractivity contribution in [2.24, 2.45) is 0 Å². The number of fused-ring (bicyclic) bond motifs is 1. The SMILES string of the molecule is COc1ccc(C(=O)c2cnn3ccncc23)cc1OC. The van der Waals surface area contributed by atoms with Gasteiger partial charge in [0.25, 0.3) is 0 Å². The highest BCUT2D eigenvalue weighted by Crippen LogP contribution is 2.28. The van der Waals surface area contributed by atoms with Crippen LogP contribution in [0.4, 0.5) is 0 Å². The molecule has 3 aromatic rings. The van der Waals surface area contributed by atoms with Gasteiger partial charge in [-0.1, -0.05) is 0 Å². The molecule has 0 fully saturated rings. The first-order valence-electron chi connectivity index (χ1n) is 6.28. The third kappa shape index (κ3) is 2.20. The van der Waals surface area contributed by atoms with Gasteiger partial charge in [0.2, 0.25) is 0 Å². The number of hydrogen-bond acceptors (Lipinski definition) is 5. The minimum Gasteiger partial charge on any atom is -0.493 e. The number of carbonyl (C=O) groups excluding carboxylic acids is 1. The molecule has 0 atom stereocenters. The predicted octanol–water partition coefficient (Wildman–Crippen LogP) is 1.98. The first-order valence-corrected chi connectivity index (χ1v) is 6.28. The Hall–Kier alpha value is -2.89. The van der Waals surface area contributed by atoms with Crippen molar-refractivity contribution in [2.75, 3.05) is 14.2 Å². The van der Waals surface area contributed by atoms with E-state index in [0.29, 0.717) is 28.1 Å². The van der Waals surface area contributed by atoms with E-state index in [1.54, 1.807) is 48.4 Å². The first-order chi connectivity index (χ1) is 10.2. The molecule has 2 aromatic heterocycles. The van der Waals surface area contributed by atoms with Crippen LogP contribution < -0.4 is 9.47 Å². The van der Waals surface area contributed by atoms with Gasteiger partial charge in [-0.05, 0) is 18.2 Å². The summed E-state index contributed by atoms with van der Waals surface area (Å²) in [5, 5.41) is 4.14. The summed E-state index contributed by atoms with van der Waals surface area (Å²) in [4.78, 5) is 16.6. The molecule has 106 valence electrons. The van der Waals surface area contributed by atoms with Gasteiger partial charge >= 0.3 is 0 Å². The first kappa shape index (κ1) is 13.1. The van der Waals surface area contributed by atoms with Gasteiger partial charge in [-0.15, -0.1) is 0 Å². The molecule has 0 spiro atoms. The van der Waals surface area contributed by atoms with Crippen molar-refractivity contribution in [3.8, 4) is 11.5 Å². The maximum absolute atomic E-state index is 12.6. The summed E-state index contributed by atoms with van der Waals surface area (Å²) in [5.74, 6) is 0.951. The second-order valence-electron chi connectivity index (χ2n) is 4.36. The highest BCUT2D eigenvalue weighted by molar-refractivity contribution is 6.13. The Balaban J connectivity index is 2.06. The summed E-state index contributed by atoms with van der Waals surface area (Å²) >= 11 is 0. The number of ether oxygens (including phenoxy) is 2. The lowest BCUT2D eigenvalue weighted by molar-refractivity contribution is 0.104. The van der Waals surface area contributed by atoms with Crippen molar-refractivity contribution in [3.63, 3.8) is 0 Å². The average molecular weight is 283 g/mol. The molecular formula is C15H13N3O3. The van der Waals surface area contributed by atoms with Crippen LogP contribution in [0.25, 0.3) is 5.52 Å². The highest BCUT2D eigenvalue weighted by Gasteiger charge is 2.17.